The Labute approximate surface area is 109 Å². The smallest absolute Gasteiger partial charge is 0.227 e. The number of hydrogen-bond donors (Lipinski definition) is 1. The van der Waals surface area contributed by atoms with Crippen LogP contribution in [0.3, 0.4) is 0 Å². The predicted molar refractivity (Wildman–Crippen MR) is 73.4 cm³/mol. The van der Waals surface area contributed by atoms with E-state index in [0.29, 0.717) is 11.2 Å². The summed E-state index contributed by atoms with van der Waals surface area (Å²) in [5, 5.41) is 0. The molecule has 0 amide bonds. The van der Waals surface area contributed by atoms with Crippen LogP contribution in [0.1, 0.15) is 44.9 Å². The normalized spacial score (nSPS) is 23.2. The largest absolute Gasteiger partial charge is 0.384 e. The molecule has 18 heavy (non-hydrogen) atoms. The van der Waals surface area contributed by atoms with Gasteiger partial charge in [-0.2, -0.15) is 4.98 Å². The zero-order valence-corrected chi connectivity index (χ0v) is 10.9. The van der Waals surface area contributed by atoms with Gasteiger partial charge in [0.05, 0.1) is 0 Å². The summed E-state index contributed by atoms with van der Waals surface area (Å²) in [7, 11) is 0. The highest BCUT2D eigenvalue weighted by Gasteiger charge is 2.35. The Balaban J connectivity index is 1.66. The second kappa shape index (κ2) is 4.75. The Morgan fingerprint density at radius 3 is 2.44 bits per heavy atom. The molecule has 1 aromatic heterocycles. The van der Waals surface area contributed by atoms with Crippen LogP contribution < -0.4 is 10.6 Å². The fraction of sp³-hybridized carbons (Fsp3) is 0.714. The Kier molecular flexibility index (Phi) is 3.10. The summed E-state index contributed by atoms with van der Waals surface area (Å²) in [6.07, 6.45) is 11.5. The monoisotopic (exact) mass is 246 g/mol. The van der Waals surface area contributed by atoms with Crippen LogP contribution >= 0.6 is 0 Å². The number of nitrogen functional groups attached to an aromatic ring is 1. The Hall–Kier alpha value is -1.32. The molecule has 0 atom stereocenters. The van der Waals surface area contributed by atoms with Crippen molar-refractivity contribution in [2.24, 2.45) is 5.41 Å². The molecule has 1 aromatic rings. The third-order valence-corrected chi connectivity index (χ3v) is 4.69. The van der Waals surface area contributed by atoms with Crippen molar-refractivity contribution in [3.63, 3.8) is 0 Å². The van der Waals surface area contributed by atoms with E-state index in [4.69, 9.17) is 5.73 Å². The molecule has 1 spiro atoms. The maximum Gasteiger partial charge on any atom is 0.227 e. The van der Waals surface area contributed by atoms with Gasteiger partial charge in [-0.05, 0) is 37.2 Å². The maximum atomic E-state index is 5.72. The molecule has 0 bridgehead atoms. The molecule has 2 heterocycles. The number of anilines is 2. The first-order valence-electron chi connectivity index (χ1n) is 7.11. The first-order chi connectivity index (χ1) is 8.77. The second-order valence-corrected chi connectivity index (χ2v) is 5.83. The van der Waals surface area contributed by atoms with Crippen molar-refractivity contribution in [2.45, 2.75) is 44.9 Å². The minimum atomic E-state index is 0.568. The lowest BCUT2D eigenvalue weighted by Crippen LogP contribution is -2.41. The third kappa shape index (κ3) is 2.28. The van der Waals surface area contributed by atoms with Crippen molar-refractivity contribution in [1.82, 2.24) is 9.97 Å². The van der Waals surface area contributed by atoms with Gasteiger partial charge in [0.1, 0.15) is 5.82 Å². The van der Waals surface area contributed by atoms with Crippen LogP contribution in [0, 0.1) is 5.41 Å². The van der Waals surface area contributed by atoms with Crippen molar-refractivity contribution < 1.29 is 0 Å². The van der Waals surface area contributed by atoms with Gasteiger partial charge in [-0.25, -0.2) is 4.98 Å². The van der Waals surface area contributed by atoms with E-state index in [1.54, 1.807) is 12.3 Å². The number of piperidine rings is 1. The second-order valence-electron chi connectivity index (χ2n) is 5.83. The van der Waals surface area contributed by atoms with E-state index in [9.17, 15) is 0 Å². The number of rotatable bonds is 1. The summed E-state index contributed by atoms with van der Waals surface area (Å²) >= 11 is 0. The lowest BCUT2D eigenvalue weighted by Gasteiger charge is -2.44. The molecule has 1 aliphatic carbocycles. The SMILES string of the molecule is Nc1ccnc(N2CCC3(CCCCC3)CC2)n1. The summed E-state index contributed by atoms with van der Waals surface area (Å²) in [6, 6.07) is 1.75. The van der Waals surface area contributed by atoms with E-state index in [2.05, 4.69) is 14.9 Å². The van der Waals surface area contributed by atoms with Gasteiger partial charge in [0.2, 0.25) is 5.95 Å². The fourth-order valence-corrected chi connectivity index (χ4v) is 3.50. The Morgan fingerprint density at radius 2 is 1.78 bits per heavy atom. The third-order valence-electron chi connectivity index (χ3n) is 4.69. The highest BCUT2D eigenvalue weighted by Crippen LogP contribution is 2.44. The minimum absolute atomic E-state index is 0.568. The van der Waals surface area contributed by atoms with E-state index < -0.39 is 0 Å². The lowest BCUT2D eigenvalue weighted by molar-refractivity contribution is 0.144. The van der Waals surface area contributed by atoms with Gasteiger partial charge in [0.25, 0.3) is 0 Å². The van der Waals surface area contributed by atoms with Gasteiger partial charge >= 0.3 is 0 Å². The first kappa shape index (κ1) is 11.8. The lowest BCUT2D eigenvalue weighted by atomic mass is 9.68. The maximum absolute atomic E-state index is 5.72. The Morgan fingerprint density at radius 1 is 1.06 bits per heavy atom. The molecule has 4 heteroatoms. The van der Waals surface area contributed by atoms with E-state index in [1.165, 1.54) is 44.9 Å². The number of nitrogens with zero attached hydrogens (tertiary/aromatic N) is 3. The molecular formula is C14H22N4. The van der Waals surface area contributed by atoms with Crippen molar-refractivity contribution >= 4 is 11.8 Å². The van der Waals surface area contributed by atoms with Gasteiger partial charge in [0.15, 0.2) is 0 Å². The fourth-order valence-electron chi connectivity index (χ4n) is 3.50. The molecule has 0 unspecified atom stereocenters. The molecular weight excluding hydrogens is 224 g/mol. The zero-order chi connectivity index (χ0) is 12.4. The molecule has 2 fully saturated rings. The zero-order valence-electron chi connectivity index (χ0n) is 10.9. The van der Waals surface area contributed by atoms with E-state index in [-0.39, 0.29) is 0 Å². The van der Waals surface area contributed by atoms with Crippen LogP contribution in [-0.2, 0) is 0 Å². The molecule has 0 radical (unpaired) electrons. The molecule has 2 N–H and O–H groups in total. The highest BCUT2D eigenvalue weighted by atomic mass is 15.3. The van der Waals surface area contributed by atoms with Crippen molar-refractivity contribution in [2.75, 3.05) is 23.7 Å². The van der Waals surface area contributed by atoms with Gasteiger partial charge in [-0.3, -0.25) is 0 Å². The average molecular weight is 246 g/mol. The van der Waals surface area contributed by atoms with Crippen LogP contribution in [-0.4, -0.2) is 23.1 Å². The van der Waals surface area contributed by atoms with Crippen LogP contribution in [0.5, 0.6) is 0 Å². The van der Waals surface area contributed by atoms with E-state index in [0.717, 1.165) is 19.0 Å². The van der Waals surface area contributed by atoms with Crippen molar-refractivity contribution in [3.8, 4) is 0 Å². The molecule has 1 saturated heterocycles. The molecule has 2 aliphatic rings. The van der Waals surface area contributed by atoms with Crippen molar-refractivity contribution in [1.29, 1.82) is 0 Å². The molecule has 0 aromatic carbocycles. The summed E-state index contributed by atoms with van der Waals surface area (Å²) in [5.41, 5.74) is 6.36. The van der Waals surface area contributed by atoms with Crippen LogP contribution in [0.25, 0.3) is 0 Å². The van der Waals surface area contributed by atoms with Crippen LogP contribution in [0.15, 0.2) is 12.3 Å². The summed E-state index contributed by atoms with van der Waals surface area (Å²) in [6.45, 7) is 2.17. The Bertz CT molecular complexity index is 402. The quantitative estimate of drug-likeness (QED) is 0.827. The minimum Gasteiger partial charge on any atom is -0.384 e. The van der Waals surface area contributed by atoms with E-state index in [1.807, 2.05) is 0 Å². The highest BCUT2D eigenvalue weighted by molar-refractivity contribution is 5.38. The summed E-state index contributed by atoms with van der Waals surface area (Å²) in [5.74, 6) is 1.37. The van der Waals surface area contributed by atoms with E-state index >= 15 is 0 Å². The van der Waals surface area contributed by atoms with Gasteiger partial charge in [0, 0.05) is 19.3 Å². The summed E-state index contributed by atoms with van der Waals surface area (Å²) < 4.78 is 0. The standard InChI is InChI=1S/C14H22N4/c15-12-4-9-16-13(17-12)18-10-7-14(8-11-18)5-2-1-3-6-14/h4,9H,1-3,5-8,10-11H2,(H2,15,16,17). The topological polar surface area (TPSA) is 55.0 Å². The number of hydrogen-bond acceptors (Lipinski definition) is 4. The first-order valence-corrected chi connectivity index (χ1v) is 7.11. The molecule has 98 valence electrons. The van der Waals surface area contributed by atoms with Crippen LogP contribution in [0.4, 0.5) is 11.8 Å². The summed E-state index contributed by atoms with van der Waals surface area (Å²) in [4.78, 5) is 10.9. The van der Waals surface area contributed by atoms with Gasteiger partial charge in [-0.1, -0.05) is 19.3 Å². The molecule has 1 aliphatic heterocycles. The van der Waals surface area contributed by atoms with Gasteiger partial charge < -0.3 is 10.6 Å². The number of aromatic nitrogens is 2. The predicted octanol–water partition coefficient (Wildman–Crippen LogP) is 2.61. The van der Waals surface area contributed by atoms with Crippen LogP contribution in [0.2, 0.25) is 0 Å². The number of nitrogens with two attached hydrogens (primary N) is 1. The molecule has 4 nitrogen and oxygen atoms in total. The molecule has 3 rings (SSSR count). The van der Waals surface area contributed by atoms with Crippen molar-refractivity contribution in [3.05, 3.63) is 12.3 Å². The van der Waals surface area contributed by atoms with Gasteiger partial charge in [-0.15, -0.1) is 0 Å². The molecule has 1 saturated carbocycles. The average Bonchev–Trinajstić information content (AvgIpc) is 2.40.